The third-order valence-corrected chi connectivity index (χ3v) is 4.64. The number of carbonyl (C=O) groups is 1. The minimum Gasteiger partial charge on any atom is -0.368 e. The minimum atomic E-state index is -0.132. The van der Waals surface area contributed by atoms with Crippen molar-refractivity contribution in [1.82, 2.24) is 24.8 Å². The van der Waals surface area contributed by atoms with E-state index in [4.69, 9.17) is 11.6 Å². The molecule has 3 rings (SSSR count). The van der Waals surface area contributed by atoms with Crippen molar-refractivity contribution in [1.29, 1.82) is 0 Å². The second-order valence-corrected chi connectivity index (χ2v) is 7.00. The zero-order valence-electron chi connectivity index (χ0n) is 13.8. The summed E-state index contributed by atoms with van der Waals surface area (Å²) in [6, 6.07) is 5.27. The van der Waals surface area contributed by atoms with Gasteiger partial charge in [-0.15, -0.1) is 11.3 Å². The van der Waals surface area contributed by atoms with E-state index in [1.54, 1.807) is 18.3 Å². The maximum atomic E-state index is 11.9. The molecule has 130 valence electrons. The van der Waals surface area contributed by atoms with Gasteiger partial charge in [0.25, 0.3) is 5.91 Å². The van der Waals surface area contributed by atoms with Crippen molar-refractivity contribution < 1.29 is 4.79 Å². The van der Waals surface area contributed by atoms with Crippen LogP contribution in [-0.4, -0.2) is 38.5 Å². The molecule has 1 amide bonds. The highest BCUT2D eigenvalue weighted by molar-refractivity contribution is 7.17. The van der Waals surface area contributed by atoms with Gasteiger partial charge < -0.3 is 10.6 Å². The highest BCUT2D eigenvalue weighted by Crippen LogP contribution is 2.21. The SMILES string of the molecule is Cc1nc(NCCNC(=O)c2ccc(Cl)s2)cc(-n2ccnc2C)n1. The number of hydrogen-bond acceptors (Lipinski definition) is 6. The summed E-state index contributed by atoms with van der Waals surface area (Å²) in [4.78, 5) is 25.5. The average molecular weight is 377 g/mol. The lowest BCUT2D eigenvalue weighted by Gasteiger charge is -2.10. The fourth-order valence-electron chi connectivity index (χ4n) is 2.28. The van der Waals surface area contributed by atoms with Gasteiger partial charge >= 0.3 is 0 Å². The number of amides is 1. The molecule has 2 N–H and O–H groups in total. The number of hydrogen-bond donors (Lipinski definition) is 2. The van der Waals surface area contributed by atoms with E-state index in [-0.39, 0.29) is 5.91 Å². The van der Waals surface area contributed by atoms with E-state index in [0.29, 0.717) is 33.9 Å². The van der Waals surface area contributed by atoms with Crippen LogP contribution in [0.1, 0.15) is 21.3 Å². The number of aryl methyl sites for hydroxylation is 2. The minimum absolute atomic E-state index is 0.132. The Morgan fingerprint density at radius 3 is 2.80 bits per heavy atom. The van der Waals surface area contributed by atoms with Crippen molar-refractivity contribution in [3.63, 3.8) is 0 Å². The van der Waals surface area contributed by atoms with Crippen LogP contribution in [0.25, 0.3) is 5.82 Å². The molecular formula is C16H17ClN6OS. The van der Waals surface area contributed by atoms with Gasteiger partial charge in [-0.05, 0) is 26.0 Å². The fraction of sp³-hybridized carbons (Fsp3) is 0.250. The number of imidazole rings is 1. The average Bonchev–Trinajstić information content (AvgIpc) is 3.19. The van der Waals surface area contributed by atoms with Crippen LogP contribution < -0.4 is 10.6 Å². The second-order valence-electron chi connectivity index (χ2n) is 5.29. The molecule has 0 saturated carbocycles. The molecule has 0 saturated heterocycles. The van der Waals surface area contributed by atoms with Crippen molar-refractivity contribution in [2.45, 2.75) is 13.8 Å². The van der Waals surface area contributed by atoms with Crippen molar-refractivity contribution in [2.75, 3.05) is 18.4 Å². The molecule has 3 aromatic heterocycles. The normalized spacial score (nSPS) is 10.7. The van der Waals surface area contributed by atoms with Gasteiger partial charge in [-0.2, -0.15) is 0 Å². The van der Waals surface area contributed by atoms with Gasteiger partial charge in [-0.25, -0.2) is 15.0 Å². The van der Waals surface area contributed by atoms with E-state index in [1.807, 2.05) is 30.7 Å². The molecule has 0 fully saturated rings. The molecule has 0 aliphatic heterocycles. The Hall–Kier alpha value is -2.45. The Kier molecular flexibility index (Phi) is 5.30. The molecule has 3 heterocycles. The van der Waals surface area contributed by atoms with Gasteiger partial charge in [-0.3, -0.25) is 9.36 Å². The molecule has 0 radical (unpaired) electrons. The molecule has 0 aliphatic carbocycles. The van der Waals surface area contributed by atoms with Crippen molar-refractivity contribution in [3.05, 3.63) is 51.5 Å². The molecular weight excluding hydrogens is 360 g/mol. The highest BCUT2D eigenvalue weighted by atomic mass is 35.5. The maximum absolute atomic E-state index is 11.9. The molecule has 0 aliphatic rings. The topological polar surface area (TPSA) is 84.7 Å². The molecule has 9 heteroatoms. The maximum Gasteiger partial charge on any atom is 0.261 e. The molecule has 0 unspecified atom stereocenters. The largest absolute Gasteiger partial charge is 0.368 e. The first-order valence-corrected chi connectivity index (χ1v) is 8.86. The Morgan fingerprint density at radius 1 is 1.28 bits per heavy atom. The zero-order valence-corrected chi connectivity index (χ0v) is 15.4. The molecule has 0 spiro atoms. The molecule has 3 aromatic rings. The van der Waals surface area contributed by atoms with Crippen LogP contribution in [0.5, 0.6) is 0 Å². The zero-order chi connectivity index (χ0) is 17.8. The first-order valence-electron chi connectivity index (χ1n) is 7.66. The summed E-state index contributed by atoms with van der Waals surface area (Å²) in [5.74, 6) is 2.83. The second kappa shape index (κ2) is 7.62. The van der Waals surface area contributed by atoms with E-state index >= 15 is 0 Å². The van der Waals surface area contributed by atoms with Crippen molar-refractivity contribution in [3.8, 4) is 5.82 Å². The Labute approximate surface area is 154 Å². The first kappa shape index (κ1) is 17.4. The lowest BCUT2D eigenvalue weighted by atomic mass is 10.4. The Morgan fingerprint density at radius 2 is 2.12 bits per heavy atom. The van der Waals surface area contributed by atoms with E-state index in [1.165, 1.54) is 11.3 Å². The number of carbonyl (C=O) groups excluding carboxylic acids is 1. The number of rotatable bonds is 6. The summed E-state index contributed by atoms with van der Waals surface area (Å²) < 4.78 is 2.49. The number of aromatic nitrogens is 4. The summed E-state index contributed by atoms with van der Waals surface area (Å²) in [6.07, 6.45) is 3.58. The van der Waals surface area contributed by atoms with Crippen LogP contribution in [0.15, 0.2) is 30.6 Å². The Balaban J connectivity index is 1.57. The van der Waals surface area contributed by atoms with Crippen LogP contribution in [0.3, 0.4) is 0 Å². The summed E-state index contributed by atoms with van der Waals surface area (Å²) in [6.45, 7) is 4.76. The van der Waals surface area contributed by atoms with Crippen LogP contribution in [-0.2, 0) is 0 Å². The number of nitrogens with zero attached hydrogens (tertiary/aromatic N) is 4. The van der Waals surface area contributed by atoms with Crippen molar-refractivity contribution >= 4 is 34.7 Å². The van der Waals surface area contributed by atoms with E-state index in [0.717, 1.165) is 11.6 Å². The predicted molar refractivity (Wildman–Crippen MR) is 98.8 cm³/mol. The Bertz CT molecular complexity index is 890. The van der Waals surface area contributed by atoms with Gasteiger partial charge in [-0.1, -0.05) is 11.6 Å². The monoisotopic (exact) mass is 376 g/mol. The number of thiophene rings is 1. The van der Waals surface area contributed by atoms with Gasteiger partial charge in [0.1, 0.15) is 23.3 Å². The third-order valence-electron chi connectivity index (χ3n) is 3.41. The van der Waals surface area contributed by atoms with Gasteiger partial charge in [0.15, 0.2) is 0 Å². The summed E-state index contributed by atoms with van der Waals surface area (Å²) >= 11 is 7.09. The van der Waals surface area contributed by atoms with Gasteiger partial charge in [0.2, 0.25) is 0 Å². The van der Waals surface area contributed by atoms with Crippen LogP contribution in [0.4, 0.5) is 5.82 Å². The standard InChI is InChI=1S/C16H17ClN6OS/c1-10-21-14(9-15(22-10)23-8-7-18-11(23)2)19-5-6-20-16(24)12-3-4-13(17)25-12/h3-4,7-9H,5-6H2,1-2H3,(H,20,24)(H,19,21,22). The van der Waals surface area contributed by atoms with Crippen LogP contribution in [0, 0.1) is 13.8 Å². The van der Waals surface area contributed by atoms with Crippen molar-refractivity contribution in [2.24, 2.45) is 0 Å². The molecule has 7 nitrogen and oxygen atoms in total. The predicted octanol–water partition coefficient (Wildman–Crippen LogP) is 2.84. The fourth-order valence-corrected chi connectivity index (χ4v) is 3.24. The van der Waals surface area contributed by atoms with E-state index < -0.39 is 0 Å². The van der Waals surface area contributed by atoms with Gasteiger partial charge in [0, 0.05) is 31.5 Å². The van der Waals surface area contributed by atoms with Gasteiger partial charge in [0.05, 0.1) is 9.21 Å². The number of nitrogens with one attached hydrogen (secondary N) is 2. The lowest BCUT2D eigenvalue weighted by molar-refractivity contribution is 0.0959. The first-order chi connectivity index (χ1) is 12.0. The number of halogens is 1. The molecule has 0 atom stereocenters. The molecule has 0 aromatic carbocycles. The molecule has 25 heavy (non-hydrogen) atoms. The smallest absolute Gasteiger partial charge is 0.261 e. The van der Waals surface area contributed by atoms with E-state index in [2.05, 4.69) is 25.6 Å². The number of anilines is 1. The van der Waals surface area contributed by atoms with Crippen LogP contribution >= 0.6 is 22.9 Å². The highest BCUT2D eigenvalue weighted by Gasteiger charge is 2.08. The summed E-state index contributed by atoms with van der Waals surface area (Å²) in [7, 11) is 0. The summed E-state index contributed by atoms with van der Waals surface area (Å²) in [5, 5.41) is 6.04. The lowest BCUT2D eigenvalue weighted by Crippen LogP contribution is -2.28. The summed E-state index contributed by atoms with van der Waals surface area (Å²) in [5.41, 5.74) is 0. The van der Waals surface area contributed by atoms with Crippen LogP contribution in [0.2, 0.25) is 4.34 Å². The van der Waals surface area contributed by atoms with E-state index in [9.17, 15) is 4.79 Å². The third kappa shape index (κ3) is 4.34. The molecule has 0 bridgehead atoms. The quantitative estimate of drug-likeness (QED) is 0.646.